The van der Waals surface area contributed by atoms with Crippen LogP contribution in [0.3, 0.4) is 0 Å². The highest BCUT2D eigenvalue weighted by Crippen LogP contribution is 2.31. The maximum Gasteiger partial charge on any atom is 0.185 e. The fourth-order valence-corrected chi connectivity index (χ4v) is 2.40. The number of ketones is 1. The van der Waals surface area contributed by atoms with Crippen LogP contribution in [0.4, 0.5) is 0 Å². The average Bonchev–Trinajstić information content (AvgIpc) is 2.84. The number of hydrogen-bond acceptors (Lipinski definition) is 5. The van der Waals surface area contributed by atoms with Crippen molar-refractivity contribution in [3.8, 4) is 23.0 Å². The Morgan fingerprint density at radius 2 is 1.92 bits per heavy atom. The molecule has 1 N–H and O–H groups in total. The van der Waals surface area contributed by atoms with E-state index in [-0.39, 0.29) is 11.5 Å². The van der Waals surface area contributed by atoms with Crippen LogP contribution < -0.4 is 14.2 Å². The van der Waals surface area contributed by atoms with Crippen LogP contribution in [0.1, 0.15) is 22.3 Å². The summed E-state index contributed by atoms with van der Waals surface area (Å²) in [6.45, 7) is 1.19. The number of rotatable bonds is 4. The van der Waals surface area contributed by atoms with E-state index in [9.17, 15) is 9.90 Å². The van der Waals surface area contributed by atoms with Gasteiger partial charge in [0.15, 0.2) is 28.8 Å². The number of methoxy groups -OCH3 is 1. The molecule has 0 bridgehead atoms. The zero-order valence-corrected chi connectivity index (χ0v) is 13.3. The Morgan fingerprint density at radius 1 is 1.12 bits per heavy atom. The Hall–Kier alpha value is -2.95. The highest BCUT2D eigenvalue weighted by atomic mass is 16.5. The number of aromatic hydroxyl groups is 1. The first kappa shape index (κ1) is 15.9. The molecule has 2 aromatic carbocycles. The van der Waals surface area contributed by atoms with E-state index in [2.05, 4.69) is 0 Å². The predicted octanol–water partition coefficient (Wildman–Crippen LogP) is 3.46. The second-order valence-electron chi connectivity index (χ2n) is 5.34. The summed E-state index contributed by atoms with van der Waals surface area (Å²) in [5, 5.41) is 9.76. The first-order valence-corrected chi connectivity index (χ1v) is 7.66. The number of phenolic OH excluding ortho intramolecular Hbond substituents is 1. The van der Waals surface area contributed by atoms with Crippen molar-refractivity contribution in [1.82, 2.24) is 0 Å². The maximum atomic E-state index is 12.3. The number of benzene rings is 2. The Kier molecular flexibility index (Phi) is 4.70. The summed E-state index contributed by atoms with van der Waals surface area (Å²) in [4.78, 5) is 12.3. The molecule has 1 aliphatic heterocycles. The van der Waals surface area contributed by atoms with E-state index in [0.717, 1.165) is 6.42 Å². The van der Waals surface area contributed by atoms with Gasteiger partial charge in [-0.3, -0.25) is 4.79 Å². The SMILES string of the molecule is COc1ccc(/C=C/C(=O)c2ccc3c(c2)OCCCO3)cc1O. The molecule has 3 rings (SSSR count). The molecule has 0 amide bonds. The minimum Gasteiger partial charge on any atom is -0.504 e. The first-order valence-electron chi connectivity index (χ1n) is 7.66. The highest BCUT2D eigenvalue weighted by molar-refractivity contribution is 6.07. The summed E-state index contributed by atoms with van der Waals surface area (Å²) in [6.07, 6.45) is 3.92. The second kappa shape index (κ2) is 7.08. The van der Waals surface area contributed by atoms with Crippen molar-refractivity contribution < 1.29 is 24.1 Å². The maximum absolute atomic E-state index is 12.3. The molecule has 2 aromatic rings. The van der Waals surface area contributed by atoms with Crippen LogP contribution in [0, 0.1) is 0 Å². The third kappa shape index (κ3) is 3.51. The molecule has 5 nitrogen and oxygen atoms in total. The summed E-state index contributed by atoms with van der Waals surface area (Å²) < 4.78 is 16.1. The van der Waals surface area contributed by atoms with Crippen molar-refractivity contribution >= 4 is 11.9 Å². The van der Waals surface area contributed by atoms with Crippen LogP contribution in [0.2, 0.25) is 0 Å². The highest BCUT2D eigenvalue weighted by Gasteiger charge is 2.13. The summed E-state index contributed by atoms with van der Waals surface area (Å²) in [7, 11) is 1.48. The third-order valence-electron chi connectivity index (χ3n) is 3.66. The fourth-order valence-electron chi connectivity index (χ4n) is 2.40. The number of allylic oxidation sites excluding steroid dienone is 1. The molecule has 0 fully saturated rings. The number of carbonyl (C=O) groups excluding carboxylic acids is 1. The molecule has 0 atom stereocenters. The average molecular weight is 326 g/mol. The van der Waals surface area contributed by atoms with Crippen molar-refractivity contribution in [3.63, 3.8) is 0 Å². The van der Waals surface area contributed by atoms with Gasteiger partial charge in [0.1, 0.15) is 0 Å². The molecule has 0 spiro atoms. The minimum absolute atomic E-state index is 0.0303. The van der Waals surface area contributed by atoms with E-state index in [0.29, 0.717) is 41.6 Å². The molecule has 0 saturated heterocycles. The largest absolute Gasteiger partial charge is 0.504 e. The van der Waals surface area contributed by atoms with Gasteiger partial charge in [-0.05, 0) is 42.0 Å². The van der Waals surface area contributed by atoms with Gasteiger partial charge in [0, 0.05) is 12.0 Å². The standard InChI is InChI=1S/C19H18O5/c1-22-17-7-4-13(11-16(17)21)3-6-15(20)14-5-8-18-19(12-14)24-10-2-9-23-18/h3-8,11-12,21H,2,9-10H2,1H3/b6-3+. The van der Waals surface area contributed by atoms with Gasteiger partial charge in [0.25, 0.3) is 0 Å². The summed E-state index contributed by atoms with van der Waals surface area (Å²) in [6, 6.07) is 10.1. The van der Waals surface area contributed by atoms with Crippen molar-refractivity contribution in [3.05, 3.63) is 53.6 Å². The monoisotopic (exact) mass is 326 g/mol. The van der Waals surface area contributed by atoms with E-state index in [1.807, 2.05) is 0 Å². The molecule has 0 aliphatic carbocycles. The number of phenols is 1. The topological polar surface area (TPSA) is 65.0 Å². The molecule has 0 unspecified atom stereocenters. The normalized spacial score (nSPS) is 13.5. The van der Waals surface area contributed by atoms with Gasteiger partial charge in [0.05, 0.1) is 20.3 Å². The van der Waals surface area contributed by atoms with Crippen LogP contribution in [0.15, 0.2) is 42.5 Å². The quantitative estimate of drug-likeness (QED) is 0.688. The van der Waals surface area contributed by atoms with E-state index in [4.69, 9.17) is 14.2 Å². The molecule has 124 valence electrons. The smallest absolute Gasteiger partial charge is 0.185 e. The number of hydrogen-bond donors (Lipinski definition) is 1. The van der Waals surface area contributed by atoms with Crippen LogP contribution >= 0.6 is 0 Å². The zero-order valence-electron chi connectivity index (χ0n) is 13.3. The van der Waals surface area contributed by atoms with E-state index in [1.54, 1.807) is 36.4 Å². The van der Waals surface area contributed by atoms with E-state index < -0.39 is 0 Å². The van der Waals surface area contributed by atoms with Crippen molar-refractivity contribution in [2.75, 3.05) is 20.3 Å². The van der Waals surface area contributed by atoms with Gasteiger partial charge >= 0.3 is 0 Å². The summed E-state index contributed by atoms with van der Waals surface area (Å²) in [5.74, 6) is 1.52. The van der Waals surface area contributed by atoms with Gasteiger partial charge in [-0.1, -0.05) is 12.1 Å². The number of fused-ring (bicyclic) bond motifs is 1. The molecule has 5 heteroatoms. The first-order chi connectivity index (χ1) is 11.7. The molecule has 1 heterocycles. The molecule has 0 radical (unpaired) electrons. The van der Waals surface area contributed by atoms with Gasteiger partial charge in [-0.15, -0.1) is 0 Å². The Morgan fingerprint density at radius 3 is 2.67 bits per heavy atom. The van der Waals surface area contributed by atoms with Crippen LogP contribution in [0.25, 0.3) is 6.08 Å². The molecule has 0 aromatic heterocycles. The lowest BCUT2D eigenvalue weighted by atomic mass is 10.1. The van der Waals surface area contributed by atoms with Gasteiger partial charge in [-0.2, -0.15) is 0 Å². The summed E-state index contributed by atoms with van der Waals surface area (Å²) >= 11 is 0. The van der Waals surface area contributed by atoms with Crippen molar-refractivity contribution in [2.24, 2.45) is 0 Å². The van der Waals surface area contributed by atoms with Gasteiger partial charge in [0.2, 0.25) is 0 Å². The van der Waals surface area contributed by atoms with E-state index in [1.165, 1.54) is 19.3 Å². The lowest BCUT2D eigenvalue weighted by Gasteiger charge is -2.07. The Labute approximate surface area is 140 Å². The third-order valence-corrected chi connectivity index (χ3v) is 3.66. The number of ether oxygens (including phenoxy) is 3. The zero-order chi connectivity index (χ0) is 16.9. The van der Waals surface area contributed by atoms with Crippen LogP contribution in [-0.2, 0) is 0 Å². The van der Waals surface area contributed by atoms with Crippen molar-refractivity contribution in [2.45, 2.75) is 6.42 Å². The van der Waals surface area contributed by atoms with Crippen LogP contribution in [0.5, 0.6) is 23.0 Å². The molecule has 24 heavy (non-hydrogen) atoms. The minimum atomic E-state index is -0.152. The van der Waals surface area contributed by atoms with Gasteiger partial charge in [-0.25, -0.2) is 0 Å². The predicted molar refractivity (Wildman–Crippen MR) is 90.1 cm³/mol. The van der Waals surface area contributed by atoms with E-state index >= 15 is 0 Å². The van der Waals surface area contributed by atoms with Gasteiger partial charge < -0.3 is 19.3 Å². The second-order valence-corrected chi connectivity index (χ2v) is 5.34. The molecule has 1 aliphatic rings. The molecular weight excluding hydrogens is 308 g/mol. The number of carbonyl (C=O) groups is 1. The lowest BCUT2D eigenvalue weighted by Crippen LogP contribution is -1.98. The van der Waals surface area contributed by atoms with Crippen molar-refractivity contribution in [1.29, 1.82) is 0 Å². The Balaban J connectivity index is 1.77. The summed E-state index contributed by atoms with van der Waals surface area (Å²) in [5.41, 5.74) is 1.23. The fraction of sp³-hybridized carbons (Fsp3) is 0.211. The Bertz CT molecular complexity index is 779. The molecule has 0 saturated carbocycles. The molecular formula is C19H18O5. The van der Waals surface area contributed by atoms with Crippen LogP contribution in [-0.4, -0.2) is 31.2 Å². The lowest BCUT2D eigenvalue weighted by molar-refractivity contribution is 0.104.